The molecule has 0 saturated carbocycles. The van der Waals surface area contributed by atoms with Crippen LogP contribution in [-0.2, 0) is 29.8 Å². The van der Waals surface area contributed by atoms with Crippen molar-refractivity contribution in [2.24, 2.45) is 5.92 Å². The molecule has 0 saturated heterocycles. The average molecular weight is 482 g/mol. The number of nitrogens with one attached hydrogen (secondary N) is 2. The Morgan fingerprint density at radius 2 is 1.97 bits per heavy atom. The van der Waals surface area contributed by atoms with E-state index in [0.717, 1.165) is 12.8 Å². The van der Waals surface area contributed by atoms with Crippen LogP contribution >= 0.6 is 0 Å². The number of H-pyrrole nitrogens is 1. The monoisotopic (exact) mass is 481 g/mol. The van der Waals surface area contributed by atoms with Crippen LogP contribution in [0.2, 0.25) is 0 Å². The zero-order valence-corrected chi connectivity index (χ0v) is 21.4. The number of anilines is 1. The number of aromatic nitrogens is 5. The van der Waals surface area contributed by atoms with Crippen molar-refractivity contribution in [1.82, 2.24) is 23.7 Å². The van der Waals surface area contributed by atoms with Crippen molar-refractivity contribution < 1.29 is 4.79 Å². The van der Waals surface area contributed by atoms with Gasteiger partial charge in [-0.3, -0.25) is 19.1 Å². The number of imidazole rings is 1. The molecule has 0 fully saturated rings. The van der Waals surface area contributed by atoms with Gasteiger partial charge in [0, 0.05) is 37.7 Å². The highest BCUT2D eigenvalue weighted by molar-refractivity contribution is 5.90. The summed E-state index contributed by atoms with van der Waals surface area (Å²) >= 11 is 0. The standard InChI is InChI=1S/C25H35N7O3/c1-7-8-11-30-22-21(23(34)29-24(30)35)31(14-16(2)3)18(28-22)9-10-20(33)27-19-12-17(13-26)15-32(19)25(4,5)6/h12,15-16H,7-11,14H2,1-6H3,(H,27,33)(H,29,34,35). The normalized spacial score (nSPS) is 11.8. The molecule has 10 heteroatoms. The fourth-order valence-corrected chi connectivity index (χ4v) is 4.10. The van der Waals surface area contributed by atoms with Gasteiger partial charge in [-0.05, 0) is 39.2 Å². The molecule has 0 aliphatic heterocycles. The molecule has 0 bridgehead atoms. The first-order valence-corrected chi connectivity index (χ1v) is 12.1. The summed E-state index contributed by atoms with van der Waals surface area (Å²) in [6.45, 7) is 13.1. The van der Waals surface area contributed by atoms with E-state index in [1.54, 1.807) is 12.3 Å². The Balaban J connectivity index is 1.93. The van der Waals surface area contributed by atoms with Gasteiger partial charge in [-0.25, -0.2) is 9.78 Å². The summed E-state index contributed by atoms with van der Waals surface area (Å²) in [5.74, 6) is 1.15. The zero-order valence-electron chi connectivity index (χ0n) is 21.4. The number of nitriles is 1. The zero-order chi connectivity index (χ0) is 25.9. The van der Waals surface area contributed by atoms with Crippen LogP contribution in [0.4, 0.5) is 5.82 Å². The van der Waals surface area contributed by atoms with E-state index in [4.69, 9.17) is 0 Å². The van der Waals surface area contributed by atoms with Crippen molar-refractivity contribution in [1.29, 1.82) is 5.26 Å². The Hall–Kier alpha value is -3.61. The van der Waals surface area contributed by atoms with Crippen molar-refractivity contribution in [3.63, 3.8) is 0 Å². The SMILES string of the molecule is CCCCn1c(=O)[nH]c(=O)c2c1nc(CCC(=O)Nc1cc(C#N)cn1C(C)(C)C)n2CC(C)C. The summed E-state index contributed by atoms with van der Waals surface area (Å²) in [5, 5.41) is 12.2. The highest BCUT2D eigenvalue weighted by Crippen LogP contribution is 2.24. The molecule has 0 aromatic carbocycles. The molecule has 3 aromatic heterocycles. The molecule has 0 radical (unpaired) electrons. The van der Waals surface area contributed by atoms with Crippen molar-refractivity contribution >= 4 is 22.9 Å². The third kappa shape index (κ3) is 5.73. The molecule has 0 aliphatic rings. The van der Waals surface area contributed by atoms with E-state index in [9.17, 15) is 19.6 Å². The lowest BCUT2D eigenvalue weighted by atomic mass is 10.1. The number of hydrogen-bond acceptors (Lipinski definition) is 5. The summed E-state index contributed by atoms with van der Waals surface area (Å²) in [6.07, 6.45) is 3.84. The third-order valence-corrected chi connectivity index (χ3v) is 5.76. The second-order valence-corrected chi connectivity index (χ2v) is 10.3. The van der Waals surface area contributed by atoms with Gasteiger partial charge >= 0.3 is 5.69 Å². The van der Waals surface area contributed by atoms with E-state index in [1.165, 1.54) is 4.57 Å². The molecule has 188 valence electrons. The molecule has 0 spiro atoms. The summed E-state index contributed by atoms with van der Waals surface area (Å²) in [6, 6.07) is 3.77. The minimum atomic E-state index is -0.467. The molecule has 0 aliphatic carbocycles. The van der Waals surface area contributed by atoms with E-state index in [-0.39, 0.29) is 23.8 Å². The molecular weight excluding hydrogens is 446 g/mol. The van der Waals surface area contributed by atoms with Crippen molar-refractivity contribution in [3.8, 4) is 6.07 Å². The van der Waals surface area contributed by atoms with Gasteiger partial charge < -0.3 is 14.5 Å². The first-order valence-electron chi connectivity index (χ1n) is 12.1. The lowest BCUT2D eigenvalue weighted by Gasteiger charge is -2.24. The smallest absolute Gasteiger partial charge is 0.328 e. The number of carbonyl (C=O) groups is 1. The summed E-state index contributed by atoms with van der Waals surface area (Å²) in [4.78, 5) is 45.2. The van der Waals surface area contributed by atoms with Gasteiger partial charge in [0.2, 0.25) is 5.91 Å². The second-order valence-electron chi connectivity index (χ2n) is 10.3. The van der Waals surface area contributed by atoms with Crippen LogP contribution in [0, 0.1) is 17.2 Å². The van der Waals surface area contributed by atoms with Crippen LogP contribution in [0.1, 0.15) is 72.2 Å². The van der Waals surface area contributed by atoms with Gasteiger partial charge in [0.25, 0.3) is 5.56 Å². The number of amides is 1. The number of fused-ring (bicyclic) bond motifs is 1. The van der Waals surface area contributed by atoms with Crippen molar-refractivity contribution in [2.75, 3.05) is 5.32 Å². The fraction of sp³-hybridized carbons (Fsp3) is 0.560. The maximum Gasteiger partial charge on any atom is 0.330 e. The highest BCUT2D eigenvalue weighted by atomic mass is 16.2. The van der Waals surface area contributed by atoms with Crippen molar-refractivity contribution in [3.05, 3.63) is 44.5 Å². The van der Waals surface area contributed by atoms with Crippen LogP contribution in [-0.4, -0.2) is 29.6 Å². The summed E-state index contributed by atoms with van der Waals surface area (Å²) < 4.78 is 5.21. The van der Waals surface area contributed by atoms with Crippen molar-refractivity contribution in [2.45, 2.75) is 85.9 Å². The molecule has 0 unspecified atom stereocenters. The molecule has 0 atom stereocenters. The van der Waals surface area contributed by atoms with Crippen LogP contribution in [0.5, 0.6) is 0 Å². The Kier molecular flexibility index (Phi) is 7.68. The molecule has 35 heavy (non-hydrogen) atoms. The molecule has 10 nitrogen and oxygen atoms in total. The highest BCUT2D eigenvalue weighted by Gasteiger charge is 2.22. The number of hydrogen-bond donors (Lipinski definition) is 2. The van der Waals surface area contributed by atoms with E-state index in [0.29, 0.717) is 47.9 Å². The van der Waals surface area contributed by atoms with Gasteiger partial charge in [0.1, 0.15) is 17.7 Å². The molecule has 3 aromatic rings. The lowest BCUT2D eigenvalue weighted by Crippen LogP contribution is -2.31. The maximum atomic E-state index is 12.9. The van der Waals surface area contributed by atoms with Gasteiger partial charge in [-0.2, -0.15) is 5.26 Å². The topological polar surface area (TPSA) is 130 Å². The molecular formula is C25H35N7O3. The van der Waals surface area contributed by atoms with E-state index >= 15 is 0 Å². The Morgan fingerprint density at radius 1 is 1.26 bits per heavy atom. The summed E-state index contributed by atoms with van der Waals surface area (Å²) in [7, 11) is 0. The molecule has 1 amide bonds. The maximum absolute atomic E-state index is 12.9. The average Bonchev–Trinajstić information content (AvgIpc) is 3.33. The lowest BCUT2D eigenvalue weighted by molar-refractivity contribution is -0.116. The van der Waals surface area contributed by atoms with Gasteiger partial charge in [-0.15, -0.1) is 0 Å². The Morgan fingerprint density at radius 3 is 2.57 bits per heavy atom. The predicted octanol–water partition coefficient (Wildman–Crippen LogP) is 3.34. The van der Waals surface area contributed by atoms with Crippen LogP contribution < -0.4 is 16.6 Å². The van der Waals surface area contributed by atoms with Crippen LogP contribution in [0.15, 0.2) is 21.9 Å². The minimum Gasteiger partial charge on any atom is -0.328 e. The first-order chi connectivity index (χ1) is 16.5. The minimum absolute atomic E-state index is 0.135. The number of nitrogens with zero attached hydrogens (tertiary/aromatic N) is 5. The largest absolute Gasteiger partial charge is 0.330 e. The third-order valence-electron chi connectivity index (χ3n) is 5.76. The number of aromatic amines is 1. The molecule has 3 rings (SSSR count). The first kappa shape index (κ1) is 26.0. The fourth-order valence-electron chi connectivity index (χ4n) is 4.10. The van der Waals surface area contributed by atoms with Crippen LogP contribution in [0.3, 0.4) is 0 Å². The molecule has 3 heterocycles. The van der Waals surface area contributed by atoms with E-state index in [1.807, 2.05) is 50.7 Å². The molecule has 2 N–H and O–H groups in total. The number of rotatable bonds is 9. The Labute approximate surface area is 204 Å². The van der Waals surface area contributed by atoms with E-state index in [2.05, 4.69) is 21.4 Å². The van der Waals surface area contributed by atoms with Gasteiger partial charge in [0.15, 0.2) is 11.2 Å². The number of aryl methyl sites for hydroxylation is 2. The van der Waals surface area contributed by atoms with E-state index < -0.39 is 11.2 Å². The van der Waals surface area contributed by atoms with Gasteiger partial charge in [-0.1, -0.05) is 27.2 Å². The Bertz CT molecular complexity index is 1370. The van der Waals surface area contributed by atoms with Gasteiger partial charge in [0.05, 0.1) is 5.56 Å². The second kappa shape index (κ2) is 10.3. The summed E-state index contributed by atoms with van der Waals surface area (Å²) in [5.41, 5.74) is -0.0438. The quantitative estimate of drug-likeness (QED) is 0.484. The number of unbranched alkanes of at least 4 members (excludes halogenated alkanes) is 1. The predicted molar refractivity (Wildman–Crippen MR) is 135 cm³/mol. The van der Waals surface area contributed by atoms with Crippen LogP contribution in [0.25, 0.3) is 11.2 Å². The number of carbonyl (C=O) groups excluding carboxylic acids is 1.